The van der Waals surface area contributed by atoms with Gasteiger partial charge in [-0.3, -0.25) is 19.1 Å². The van der Waals surface area contributed by atoms with E-state index in [1.807, 2.05) is 0 Å². The van der Waals surface area contributed by atoms with Crippen molar-refractivity contribution in [3.05, 3.63) is 70.8 Å². The summed E-state index contributed by atoms with van der Waals surface area (Å²) in [6.45, 7) is 19.1. The zero-order chi connectivity index (χ0) is 31.8. The molecule has 2 aliphatic rings. The van der Waals surface area contributed by atoms with Crippen molar-refractivity contribution in [3.63, 3.8) is 0 Å². The molecule has 0 fully saturated rings. The van der Waals surface area contributed by atoms with Gasteiger partial charge in [-0.1, -0.05) is 90.1 Å². The first-order chi connectivity index (χ1) is 20.3. The zero-order valence-corrected chi connectivity index (χ0v) is 27.9. The number of nitrogens with zero attached hydrogens (tertiary/aromatic N) is 2. The number of aliphatic imine (C=N–C) groups is 2. The van der Waals surface area contributed by atoms with Crippen LogP contribution in [0.3, 0.4) is 0 Å². The summed E-state index contributed by atoms with van der Waals surface area (Å²) in [7, 11) is -4.67. The van der Waals surface area contributed by atoms with E-state index in [2.05, 4.69) is 121 Å². The van der Waals surface area contributed by atoms with Gasteiger partial charge in [0.2, 0.25) is 0 Å². The minimum atomic E-state index is -4.67. The number of benzene rings is 2. The maximum atomic E-state index is 8.74. The van der Waals surface area contributed by atoms with Crippen LogP contribution in [-0.4, -0.2) is 74.2 Å². The first-order valence-electron chi connectivity index (χ1n) is 15.2. The third-order valence-electron chi connectivity index (χ3n) is 6.89. The highest BCUT2D eigenvalue weighted by Crippen LogP contribution is 2.18. The van der Waals surface area contributed by atoms with Crippen LogP contribution in [0.4, 0.5) is 0 Å². The molecule has 0 bridgehead atoms. The van der Waals surface area contributed by atoms with Crippen molar-refractivity contribution in [1.82, 2.24) is 21.3 Å². The molecule has 2 aromatic carbocycles. The third-order valence-corrected chi connectivity index (χ3v) is 6.89. The average Bonchev–Trinajstić information content (AvgIpc) is 3.65. The molecule has 2 heterocycles. The summed E-state index contributed by atoms with van der Waals surface area (Å²) in [6, 6.07) is 18.1. The summed E-state index contributed by atoms with van der Waals surface area (Å²) in [4.78, 5) is 8.69. The van der Waals surface area contributed by atoms with E-state index in [0.29, 0.717) is 11.8 Å². The van der Waals surface area contributed by atoms with Gasteiger partial charge in [-0.15, -0.1) is 0 Å². The monoisotopic (exact) mass is 634 g/mol. The second-order valence-corrected chi connectivity index (χ2v) is 12.9. The molecule has 248 valence electrons. The Kier molecular flexibility index (Phi) is 17.6. The summed E-state index contributed by atoms with van der Waals surface area (Å²) in [6.07, 6.45) is 2.32. The summed E-state index contributed by atoms with van der Waals surface area (Å²) in [5.41, 5.74) is 5.64. The van der Waals surface area contributed by atoms with Crippen LogP contribution in [0.25, 0.3) is 0 Å². The quantitative estimate of drug-likeness (QED) is 0.215. The third kappa shape index (κ3) is 17.2. The van der Waals surface area contributed by atoms with Crippen LogP contribution in [-0.2, 0) is 23.2 Å². The van der Waals surface area contributed by atoms with Gasteiger partial charge in [-0.05, 0) is 58.8 Å². The Morgan fingerprint density at radius 2 is 1.00 bits per heavy atom. The highest BCUT2D eigenvalue weighted by atomic mass is 32.3. The maximum Gasteiger partial charge on any atom is 0.394 e. The van der Waals surface area contributed by atoms with Gasteiger partial charge in [0, 0.05) is 26.2 Å². The largest absolute Gasteiger partial charge is 0.412 e. The van der Waals surface area contributed by atoms with E-state index < -0.39 is 10.4 Å². The minimum Gasteiger partial charge on any atom is -0.412 e. The molecular weight excluding hydrogens is 580 g/mol. The van der Waals surface area contributed by atoms with Crippen molar-refractivity contribution in [2.45, 2.75) is 66.2 Å². The predicted octanol–water partition coefficient (Wildman–Crippen LogP) is 3.60. The summed E-state index contributed by atoms with van der Waals surface area (Å²) in [5.74, 6) is 4.33. The molecule has 0 aromatic heterocycles. The summed E-state index contributed by atoms with van der Waals surface area (Å²) < 4.78 is 31.6. The zero-order valence-electron chi connectivity index (χ0n) is 27.1. The van der Waals surface area contributed by atoms with Gasteiger partial charge in [-0.2, -0.15) is 8.42 Å². The SMILES string of the molecule is CC(C)Cc1ccc(C(C)CNC2=NCCN2)cc1.CC(C)Cc1ccc(C(C)CNC2=NCCN2)cc1.O.O=S(=O)(O)O. The molecule has 11 nitrogen and oxygen atoms in total. The van der Waals surface area contributed by atoms with E-state index in [4.69, 9.17) is 17.5 Å². The molecule has 0 saturated carbocycles. The Bertz CT molecular complexity index is 1160. The fourth-order valence-electron chi connectivity index (χ4n) is 4.68. The van der Waals surface area contributed by atoms with E-state index in [1.165, 1.54) is 22.3 Å². The van der Waals surface area contributed by atoms with Gasteiger partial charge in [0.1, 0.15) is 0 Å². The first kappa shape index (κ1) is 38.8. The smallest absolute Gasteiger partial charge is 0.394 e. The van der Waals surface area contributed by atoms with Crippen LogP contribution < -0.4 is 21.3 Å². The standard InChI is InChI=1S/2C16H25N3.H2O4S.H2O/c2*1-12(2)10-14-4-6-15(7-5-14)13(3)11-19-16-17-8-9-18-16;1-5(2,3)4;/h2*4-7,12-13H,8-11H2,1-3H3,(H2,17,18,19);(H2,1,2,3,4);1H2. The molecule has 0 amide bonds. The van der Waals surface area contributed by atoms with Gasteiger partial charge >= 0.3 is 10.4 Å². The van der Waals surface area contributed by atoms with Crippen molar-refractivity contribution in [2.24, 2.45) is 21.8 Å². The average molecular weight is 635 g/mol. The topological polar surface area (TPSA) is 179 Å². The highest BCUT2D eigenvalue weighted by molar-refractivity contribution is 7.79. The lowest BCUT2D eigenvalue weighted by atomic mass is 9.97. The molecule has 0 spiro atoms. The van der Waals surface area contributed by atoms with Crippen molar-refractivity contribution < 1.29 is 23.0 Å². The second kappa shape index (κ2) is 20.0. The molecule has 0 saturated heterocycles. The molecule has 0 radical (unpaired) electrons. The van der Waals surface area contributed by atoms with Crippen molar-refractivity contribution in [3.8, 4) is 0 Å². The Balaban J connectivity index is 0.000000375. The maximum absolute atomic E-state index is 8.74. The van der Waals surface area contributed by atoms with Crippen molar-refractivity contribution >= 4 is 22.3 Å². The lowest BCUT2D eigenvalue weighted by Gasteiger charge is -2.15. The lowest BCUT2D eigenvalue weighted by molar-refractivity contribution is 0.381. The first-order valence-corrected chi connectivity index (χ1v) is 16.6. The van der Waals surface area contributed by atoms with Gasteiger partial charge in [0.05, 0.1) is 13.1 Å². The van der Waals surface area contributed by atoms with E-state index in [9.17, 15) is 0 Å². The van der Waals surface area contributed by atoms with Crippen LogP contribution in [0.2, 0.25) is 0 Å². The van der Waals surface area contributed by atoms with E-state index >= 15 is 0 Å². The van der Waals surface area contributed by atoms with Crippen LogP contribution in [0.5, 0.6) is 0 Å². The number of hydrogen-bond donors (Lipinski definition) is 6. The van der Waals surface area contributed by atoms with Crippen LogP contribution in [0.1, 0.15) is 75.6 Å². The van der Waals surface area contributed by atoms with Crippen LogP contribution >= 0.6 is 0 Å². The molecule has 2 atom stereocenters. The normalized spacial score (nSPS) is 15.2. The molecule has 2 aliphatic heterocycles. The van der Waals surface area contributed by atoms with E-state index in [-0.39, 0.29) is 5.48 Å². The van der Waals surface area contributed by atoms with Crippen molar-refractivity contribution in [1.29, 1.82) is 0 Å². The summed E-state index contributed by atoms with van der Waals surface area (Å²) in [5, 5.41) is 13.2. The van der Waals surface area contributed by atoms with Crippen molar-refractivity contribution in [2.75, 3.05) is 39.3 Å². The molecule has 8 N–H and O–H groups in total. The molecule has 2 aromatic rings. The second-order valence-electron chi connectivity index (χ2n) is 12.0. The molecule has 44 heavy (non-hydrogen) atoms. The molecular formula is C32H54N6O5S. The highest BCUT2D eigenvalue weighted by Gasteiger charge is 2.10. The Labute approximate surface area is 264 Å². The Hall–Kier alpha value is -3.19. The molecule has 12 heteroatoms. The van der Waals surface area contributed by atoms with Gasteiger partial charge in [0.15, 0.2) is 11.9 Å². The number of hydrogen-bond acceptors (Lipinski definition) is 8. The molecule has 2 unspecified atom stereocenters. The van der Waals surface area contributed by atoms with Crippen LogP contribution in [0.15, 0.2) is 58.5 Å². The van der Waals surface area contributed by atoms with E-state index in [0.717, 1.165) is 75.9 Å². The number of nitrogens with one attached hydrogen (secondary N) is 4. The Morgan fingerprint density at radius 1 is 0.682 bits per heavy atom. The van der Waals surface area contributed by atoms with Gasteiger partial charge in [-0.25, -0.2) is 0 Å². The van der Waals surface area contributed by atoms with E-state index in [1.54, 1.807) is 0 Å². The Morgan fingerprint density at radius 3 is 1.25 bits per heavy atom. The predicted molar refractivity (Wildman–Crippen MR) is 181 cm³/mol. The number of rotatable bonds is 10. The lowest BCUT2D eigenvalue weighted by Crippen LogP contribution is -2.35. The minimum absolute atomic E-state index is 0. The van der Waals surface area contributed by atoms with Crippen LogP contribution in [0, 0.1) is 11.8 Å². The number of guanidine groups is 2. The molecule has 4 rings (SSSR count). The van der Waals surface area contributed by atoms with Gasteiger partial charge < -0.3 is 26.7 Å². The fourth-order valence-corrected chi connectivity index (χ4v) is 4.68. The summed E-state index contributed by atoms with van der Waals surface area (Å²) >= 11 is 0. The van der Waals surface area contributed by atoms with Gasteiger partial charge in [0.25, 0.3) is 0 Å². The fraction of sp³-hybridized carbons (Fsp3) is 0.562. The molecule has 0 aliphatic carbocycles.